The van der Waals surface area contributed by atoms with Crippen LogP contribution in [-0.4, -0.2) is 31.0 Å². The van der Waals surface area contributed by atoms with Gasteiger partial charge in [-0.3, -0.25) is 9.69 Å². The van der Waals surface area contributed by atoms with Gasteiger partial charge in [0.2, 0.25) is 0 Å². The van der Waals surface area contributed by atoms with Gasteiger partial charge >= 0.3 is 0 Å². The van der Waals surface area contributed by atoms with Crippen molar-refractivity contribution in [3.63, 3.8) is 0 Å². The molecule has 27 heavy (non-hydrogen) atoms. The molecule has 0 bridgehead atoms. The highest BCUT2D eigenvalue weighted by molar-refractivity contribution is 5.97. The third kappa shape index (κ3) is 4.31. The van der Waals surface area contributed by atoms with Gasteiger partial charge in [-0.15, -0.1) is 0 Å². The second kappa shape index (κ2) is 8.27. The molecule has 0 saturated heterocycles. The fourth-order valence-electron chi connectivity index (χ4n) is 2.91. The number of carbonyl (C=O) groups excluding carboxylic acids is 1. The number of para-hydroxylation sites is 1. The van der Waals surface area contributed by atoms with E-state index in [1.54, 1.807) is 13.2 Å². The Balaban J connectivity index is 1.73. The van der Waals surface area contributed by atoms with Gasteiger partial charge in [0.1, 0.15) is 0 Å². The molecular formula is C22H26N2O3. The Morgan fingerprint density at radius 2 is 1.89 bits per heavy atom. The summed E-state index contributed by atoms with van der Waals surface area (Å²) >= 11 is 0. The number of nitrogens with zero attached hydrogens (tertiary/aromatic N) is 1. The topological polar surface area (TPSA) is 54.7 Å². The Hall–Kier alpha value is -2.79. The first-order valence-electron chi connectivity index (χ1n) is 9.11. The average molecular weight is 366 g/mol. The summed E-state index contributed by atoms with van der Waals surface area (Å²) in [7, 11) is 3.68. The Morgan fingerprint density at radius 3 is 2.59 bits per heavy atom. The van der Waals surface area contributed by atoms with Gasteiger partial charge in [0.25, 0.3) is 5.91 Å². The third-order valence-corrected chi connectivity index (χ3v) is 4.81. The Kier molecular flexibility index (Phi) is 5.81. The number of nitrogens with one attached hydrogen (secondary N) is 1. The minimum atomic E-state index is -0.236. The number of methoxy groups -OCH3 is 1. The van der Waals surface area contributed by atoms with Crippen molar-refractivity contribution in [1.82, 2.24) is 10.2 Å². The van der Waals surface area contributed by atoms with Crippen LogP contribution in [0.4, 0.5) is 0 Å². The maximum Gasteiger partial charge on any atom is 0.287 e. The fourth-order valence-corrected chi connectivity index (χ4v) is 2.91. The summed E-state index contributed by atoms with van der Waals surface area (Å²) in [4.78, 5) is 14.8. The molecule has 0 aliphatic heterocycles. The zero-order chi connectivity index (χ0) is 19.4. The van der Waals surface area contributed by atoms with E-state index in [9.17, 15) is 4.79 Å². The van der Waals surface area contributed by atoms with Crippen molar-refractivity contribution in [3.05, 3.63) is 65.4 Å². The quantitative estimate of drug-likeness (QED) is 0.680. The SMILES string of the molecule is COc1cccc2cc(C(=O)NCc3ccccc3CN(C)C(C)C)oc12. The summed E-state index contributed by atoms with van der Waals surface area (Å²) in [6.07, 6.45) is 0. The molecule has 1 heterocycles. The van der Waals surface area contributed by atoms with Gasteiger partial charge in [0, 0.05) is 24.5 Å². The van der Waals surface area contributed by atoms with E-state index in [0.29, 0.717) is 23.9 Å². The molecule has 0 aliphatic carbocycles. The van der Waals surface area contributed by atoms with Crippen molar-refractivity contribution in [1.29, 1.82) is 0 Å². The van der Waals surface area contributed by atoms with E-state index in [-0.39, 0.29) is 11.7 Å². The van der Waals surface area contributed by atoms with Crippen LogP contribution in [0.3, 0.4) is 0 Å². The molecule has 0 atom stereocenters. The zero-order valence-electron chi connectivity index (χ0n) is 16.3. The molecule has 0 aliphatic rings. The molecule has 0 saturated carbocycles. The lowest BCUT2D eigenvalue weighted by molar-refractivity contribution is 0.0925. The summed E-state index contributed by atoms with van der Waals surface area (Å²) in [6.45, 7) is 5.63. The lowest BCUT2D eigenvalue weighted by Crippen LogP contribution is -2.27. The molecule has 2 aromatic carbocycles. The average Bonchev–Trinajstić information content (AvgIpc) is 3.11. The van der Waals surface area contributed by atoms with Gasteiger partial charge in [0.15, 0.2) is 17.1 Å². The minimum absolute atomic E-state index is 0.236. The minimum Gasteiger partial charge on any atom is -0.493 e. The van der Waals surface area contributed by atoms with E-state index in [2.05, 4.69) is 37.2 Å². The standard InChI is InChI=1S/C22H26N2O3/c1-15(2)24(3)14-18-9-6-5-8-17(18)13-23-22(25)20-12-16-10-7-11-19(26-4)21(16)27-20/h5-12,15H,13-14H2,1-4H3,(H,23,25). The number of ether oxygens (including phenoxy) is 1. The van der Waals surface area contributed by atoms with E-state index in [1.807, 2.05) is 36.4 Å². The van der Waals surface area contributed by atoms with Gasteiger partial charge in [-0.1, -0.05) is 36.4 Å². The molecule has 0 unspecified atom stereocenters. The highest BCUT2D eigenvalue weighted by Gasteiger charge is 2.15. The van der Waals surface area contributed by atoms with E-state index >= 15 is 0 Å². The number of amides is 1. The molecule has 3 rings (SSSR count). The molecule has 1 aromatic heterocycles. The van der Waals surface area contributed by atoms with E-state index in [0.717, 1.165) is 17.5 Å². The molecule has 5 heteroatoms. The largest absolute Gasteiger partial charge is 0.493 e. The highest BCUT2D eigenvalue weighted by Crippen LogP contribution is 2.28. The molecule has 0 radical (unpaired) electrons. The number of fused-ring (bicyclic) bond motifs is 1. The fraction of sp³-hybridized carbons (Fsp3) is 0.318. The number of rotatable bonds is 7. The summed E-state index contributed by atoms with van der Waals surface area (Å²) in [5, 5.41) is 3.81. The predicted octanol–water partition coefficient (Wildman–Crippen LogP) is 4.21. The molecule has 1 amide bonds. The van der Waals surface area contributed by atoms with Crippen molar-refractivity contribution in [2.75, 3.05) is 14.2 Å². The Bertz CT molecular complexity index is 930. The summed E-state index contributed by atoms with van der Waals surface area (Å²) in [5.74, 6) is 0.667. The molecule has 0 fully saturated rings. The van der Waals surface area contributed by atoms with Crippen LogP contribution in [0.2, 0.25) is 0 Å². The predicted molar refractivity (Wildman–Crippen MR) is 107 cm³/mol. The van der Waals surface area contributed by atoms with Crippen molar-refractivity contribution in [3.8, 4) is 5.75 Å². The molecule has 142 valence electrons. The van der Waals surface area contributed by atoms with Gasteiger partial charge in [-0.2, -0.15) is 0 Å². The van der Waals surface area contributed by atoms with Crippen molar-refractivity contribution in [2.24, 2.45) is 0 Å². The number of carbonyl (C=O) groups is 1. The second-order valence-electron chi connectivity index (χ2n) is 6.95. The van der Waals surface area contributed by atoms with Crippen LogP contribution in [0.15, 0.2) is 52.9 Å². The summed E-state index contributed by atoms with van der Waals surface area (Å²) in [6, 6.07) is 16.0. The van der Waals surface area contributed by atoms with Crippen molar-refractivity contribution >= 4 is 16.9 Å². The van der Waals surface area contributed by atoms with Crippen LogP contribution in [0.1, 0.15) is 35.5 Å². The van der Waals surface area contributed by atoms with Crippen LogP contribution in [0.5, 0.6) is 5.75 Å². The molecule has 0 spiro atoms. The highest BCUT2D eigenvalue weighted by atomic mass is 16.5. The monoisotopic (exact) mass is 366 g/mol. The van der Waals surface area contributed by atoms with Crippen LogP contribution >= 0.6 is 0 Å². The summed E-state index contributed by atoms with van der Waals surface area (Å²) < 4.78 is 11.0. The van der Waals surface area contributed by atoms with Crippen LogP contribution < -0.4 is 10.1 Å². The normalized spacial score (nSPS) is 11.3. The maximum atomic E-state index is 12.6. The lowest BCUT2D eigenvalue weighted by Gasteiger charge is -2.22. The number of benzene rings is 2. The Labute approximate surface area is 159 Å². The first kappa shape index (κ1) is 19.0. The van der Waals surface area contributed by atoms with Crippen molar-refractivity contribution in [2.45, 2.75) is 33.0 Å². The Morgan fingerprint density at radius 1 is 1.15 bits per heavy atom. The second-order valence-corrected chi connectivity index (χ2v) is 6.95. The number of furan rings is 1. The van der Waals surface area contributed by atoms with Gasteiger partial charge in [0.05, 0.1) is 7.11 Å². The van der Waals surface area contributed by atoms with E-state index in [1.165, 1.54) is 5.56 Å². The van der Waals surface area contributed by atoms with Crippen LogP contribution in [-0.2, 0) is 13.1 Å². The van der Waals surface area contributed by atoms with Crippen LogP contribution in [0.25, 0.3) is 11.0 Å². The van der Waals surface area contributed by atoms with Crippen molar-refractivity contribution < 1.29 is 13.9 Å². The van der Waals surface area contributed by atoms with Gasteiger partial charge in [-0.25, -0.2) is 0 Å². The molecular weight excluding hydrogens is 340 g/mol. The molecule has 3 aromatic rings. The van der Waals surface area contributed by atoms with Gasteiger partial charge < -0.3 is 14.5 Å². The first-order valence-corrected chi connectivity index (χ1v) is 9.11. The van der Waals surface area contributed by atoms with E-state index in [4.69, 9.17) is 9.15 Å². The third-order valence-electron chi connectivity index (χ3n) is 4.81. The van der Waals surface area contributed by atoms with Crippen LogP contribution in [0, 0.1) is 0 Å². The van der Waals surface area contributed by atoms with Gasteiger partial charge in [-0.05, 0) is 44.2 Å². The zero-order valence-corrected chi connectivity index (χ0v) is 16.3. The molecule has 5 nitrogen and oxygen atoms in total. The lowest BCUT2D eigenvalue weighted by atomic mass is 10.1. The smallest absolute Gasteiger partial charge is 0.287 e. The first-order chi connectivity index (χ1) is 13.0. The number of hydrogen-bond acceptors (Lipinski definition) is 4. The molecule has 1 N–H and O–H groups in total. The maximum absolute atomic E-state index is 12.6. The van der Waals surface area contributed by atoms with E-state index < -0.39 is 0 Å². The number of hydrogen-bond donors (Lipinski definition) is 1. The summed E-state index contributed by atoms with van der Waals surface area (Å²) in [5.41, 5.74) is 2.90.